The Labute approximate surface area is 84.6 Å². The minimum Gasteiger partial charge on any atom is -0.481 e. The molecule has 0 aromatic heterocycles. The van der Waals surface area contributed by atoms with Gasteiger partial charge in [0.05, 0.1) is 0 Å². The standard InChI is InChI=1S/C12H16O2/c1-8-6-10(3)11(7-9(8)2)4-5-12(13)14/h6-7H,4-5H2,1-3H3,(H,13,14). The molecule has 0 heterocycles. The lowest BCUT2D eigenvalue weighted by atomic mass is 9.98. The highest BCUT2D eigenvalue weighted by Crippen LogP contribution is 2.16. The van der Waals surface area contributed by atoms with E-state index in [0.29, 0.717) is 6.42 Å². The van der Waals surface area contributed by atoms with E-state index in [1.165, 1.54) is 16.7 Å². The molecule has 0 saturated carbocycles. The fourth-order valence-electron chi connectivity index (χ4n) is 1.53. The monoisotopic (exact) mass is 192 g/mol. The van der Waals surface area contributed by atoms with Crippen LogP contribution >= 0.6 is 0 Å². The van der Waals surface area contributed by atoms with E-state index >= 15 is 0 Å². The fourth-order valence-corrected chi connectivity index (χ4v) is 1.53. The molecule has 0 spiro atoms. The summed E-state index contributed by atoms with van der Waals surface area (Å²) in [5.41, 5.74) is 4.84. The average Bonchev–Trinajstić information content (AvgIpc) is 2.09. The number of carboxylic acids is 1. The summed E-state index contributed by atoms with van der Waals surface area (Å²) >= 11 is 0. The minimum atomic E-state index is -0.734. The Morgan fingerprint density at radius 1 is 1.14 bits per heavy atom. The number of aliphatic carboxylic acids is 1. The molecule has 1 aromatic carbocycles. The van der Waals surface area contributed by atoms with Gasteiger partial charge in [0.1, 0.15) is 0 Å². The second-order valence-electron chi connectivity index (χ2n) is 3.76. The highest BCUT2D eigenvalue weighted by molar-refractivity contribution is 5.67. The quantitative estimate of drug-likeness (QED) is 0.799. The van der Waals surface area contributed by atoms with Crippen LogP contribution < -0.4 is 0 Å². The first kappa shape index (κ1) is 10.8. The molecule has 0 aliphatic rings. The zero-order chi connectivity index (χ0) is 10.7. The number of hydrogen-bond acceptors (Lipinski definition) is 1. The van der Waals surface area contributed by atoms with Gasteiger partial charge in [0.2, 0.25) is 0 Å². The molecule has 0 fully saturated rings. The van der Waals surface area contributed by atoms with Gasteiger partial charge < -0.3 is 5.11 Å². The molecule has 0 radical (unpaired) electrons. The van der Waals surface area contributed by atoms with Gasteiger partial charge in [-0.1, -0.05) is 12.1 Å². The van der Waals surface area contributed by atoms with Crippen molar-refractivity contribution in [3.05, 3.63) is 34.4 Å². The van der Waals surface area contributed by atoms with Gasteiger partial charge in [0, 0.05) is 6.42 Å². The van der Waals surface area contributed by atoms with E-state index in [9.17, 15) is 4.79 Å². The molecule has 0 aliphatic carbocycles. The lowest BCUT2D eigenvalue weighted by Gasteiger charge is -2.08. The van der Waals surface area contributed by atoms with Crippen molar-refractivity contribution in [3.63, 3.8) is 0 Å². The molecule has 1 N–H and O–H groups in total. The summed E-state index contributed by atoms with van der Waals surface area (Å²) in [7, 11) is 0. The van der Waals surface area contributed by atoms with Crippen LogP contribution in [0.25, 0.3) is 0 Å². The van der Waals surface area contributed by atoms with Crippen LogP contribution in [0.3, 0.4) is 0 Å². The van der Waals surface area contributed by atoms with Gasteiger partial charge in [0.15, 0.2) is 0 Å². The van der Waals surface area contributed by atoms with E-state index in [1.54, 1.807) is 0 Å². The molecule has 0 atom stereocenters. The highest BCUT2D eigenvalue weighted by atomic mass is 16.4. The Balaban J connectivity index is 2.87. The largest absolute Gasteiger partial charge is 0.481 e. The van der Waals surface area contributed by atoms with Crippen LogP contribution in [-0.2, 0) is 11.2 Å². The smallest absolute Gasteiger partial charge is 0.303 e. The van der Waals surface area contributed by atoms with Crippen molar-refractivity contribution in [2.24, 2.45) is 0 Å². The van der Waals surface area contributed by atoms with E-state index in [-0.39, 0.29) is 6.42 Å². The van der Waals surface area contributed by atoms with E-state index < -0.39 is 5.97 Å². The number of hydrogen-bond donors (Lipinski definition) is 1. The molecule has 2 heteroatoms. The summed E-state index contributed by atoms with van der Waals surface area (Å²) in [5.74, 6) is -0.734. The summed E-state index contributed by atoms with van der Waals surface area (Å²) in [6.07, 6.45) is 0.839. The average molecular weight is 192 g/mol. The molecule has 14 heavy (non-hydrogen) atoms. The maximum Gasteiger partial charge on any atom is 0.303 e. The number of rotatable bonds is 3. The predicted octanol–water partition coefficient (Wildman–Crippen LogP) is 2.63. The molecule has 0 bridgehead atoms. The molecule has 0 unspecified atom stereocenters. The number of benzene rings is 1. The Bertz CT molecular complexity index is 354. The van der Waals surface area contributed by atoms with Gasteiger partial charge in [-0.2, -0.15) is 0 Å². The zero-order valence-electron chi connectivity index (χ0n) is 8.92. The Morgan fingerprint density at radius 3 is 2.29 bits per heavy atom. The first-order chi connectivity index (χ1) is 6.50. The molecule has 1 aromatic rings. The summed E-state index contributed by atoms with van der Waals surface area (Å²) < 4.78 is 0. The van der Waals surface area contributed by atoms with Crippen molar-refractivity contribution < 1.29 is 9.90 Å². The van der Waals surface area contributed by atoms with Crippen molar-refractivity contribution >= 4 is 5.97 Å². The predicted molar refractivity (Wildman–Crippen MR) is 56.6 cm³/mol. The molecular weight excluding hydrogens is 176 g/mol. The summed E-state index contributed by atoms with van der Waals surface area (Å²) in [5, 5.41) is 8.59. The van der Waals surface area contributed by atoms with E-state index in [0.717, 1.165) is 5.56 Å². The van der Waals surface area contributed by atoms with Gasteiger partial charge in [-0.05, 0) is 49.4 Å². The van der Waals surface area contributed by atoms with Crippen LogP contribution in [0.4, 0.5) is 0 Å². The van der Waals surface area contributed by atoms with Crippen molar-refractivity contribution in [3.8, 4) is 0 Å². The maximum absolute atomic E-state index is 10.4. The normalized spacial score (nSPS) is 10.2. The van der Waals surface area contributed by atoms with E-state index in [1.807, 2.05) is 6.92 Å². The fraction of sp³-hybridized carbons (Fsp3) is 0.417. The van der Waals surface area contributed by atoms with E-state index in [4.69, 9.17) is 5.11 Å². The highest BCUT2D eigenvalue weighted by Gasteiger charge is 2.04. The third-order valence-electron chi connectivity index (χ3n) is 2.56. The minimum absolute atomic E-state index is 0.212. The van der Waals surface area contributed by atoms with Crippen molar-refractivity contribution in [2.75, 3.05) is 0 Å². The first-order valence-corrected chi connectivity index (χ1v) is 4.79. The van der Waals surface area contributed by atoms with Crippen LogP contribution in [-0.4, -0.2) is 11.1 Å². The SMILES string of the molecule is Cc1cc(C)c(CCC(=O)O)cc1C. The molecule has 0 aliphatic heterocycles. The maximum atomic E-state index is 10.4. The van der Waals surface area contributed by atoms with Crippen LogP contribution in [0.1, 0.15) is 28.7 Å². The number of carboxylic acid groups (broad SMARTS) is 1. The van der Waals surface area contributed by atoms with E-state index in [2.05, 4.69) is 26.0 Å². The number of aryl methyl sites for hydroxylation is 4. The molecular formula is C12H16O2. The third-order valence-corrected chi connectivity index (χ3v) is 2.56. The lowest BCUT2D eigenvalue weighted by Crippen LogP contribution is -2.00. The van der Waals surface area contributed by atoms with Gasteiger partial charge in [-0.25, -0.2) is 0 Å². The molecule has 0 amide bonds. The third kappa shape index (κ3) is 2.59. The summed E-state index contributed by atoms with van der Waals surface area (Å²) in [6.45, 7) is 6.16. The lowest BCUT2D eigenvalue weighted by molar-refractivity contribution is -0.136. The van der Waals surface area contributed by atoms with Crippen molar-refractivity contribution in [1.29, 1.82) is 0 Å². The molecule has 1 rings (SSSR count). The second-order valence-corrected chi connectivity index (χ2v) is 3.76. The molecule has 2 nitrogen and oxygen atoms in total. The molecule has 0 saturated heterocycles. The van der Waals surface area contributed by atoms with Crippen LogP contribution in [0.2, 0.25) is 0 Å². The van der Waals surface area contributed by atoms with Gasteiger partial charge >= 0.3 is 5.97 Å². The van der Waals surface area contributed by atoms with Gasteiger partial charge in [0.25, 0.3) is 0 Å². The number of carbonyl (C=O) groups is 1. The zero-order valence-corrected chi connectivity index (χ0v) is 8.92. The van der Waals surface area contributed by atoms with Crippen LogP contribution in [0.5, 0.6) is 0 Å². The van der Waals surface area contributed by atoms with Crippen molar-refractivity contribution in [1.82, 2.24) is 0 Å². The summed E-state index contributed by atoms with van der Waals surface area (Å²) in [4.78, 5) is 10.4. The Hall–Kier alpha value is -1.31. The Morgan fingerprint density at radius 2 is 1.71 bits per heavy atom. The second kappa shape index (κ2) is 4.27. The topological polar surface area (TPSA) is 37.3 Å². The van der Waals surface area contributed by atoms with Crippen molar-refractivity contribution in [2.45, 2.75) is 33.6 Å². The molecule has 76 valence electrons. The summed E-state index contributed by atoms with van der Waals surface area (Å²) in [6, 6.07) is 4.21. The van der Waals surface area contributed by atoms with Gasteiger partial charge in [-0.3, -0.25) is 4.79 Å². The Kier molecular flexibility index (Phi) is 3.28. The van der Waals surface area contributed by atoms with Crippen LogP contribution in [0, 0.1) is 20.8 Å². The first-order valence-electron chi connectivity index (χ1n) is 4.79. The van der Waals surface area contributed by atoms with Gasteiger partial charge in [-0.15, -0.1) is 0 Å². The van der Waals surface area contributed by atoms with Crippen LogP contribution in [0.15, 0.2) is 12.1 Å².